The quantitative estimate of drug-likeness (QED) is 0.453. The molecule has 0 fully saturated rings. The highest BCUT2D eigenvalue weighted by molar-refractivity contribution is 7.92. The molecule has 156 valence electrons. The molecule has 0 saturated heterocycles. The molecule has 0 aliphatic heterocycles. The van der Waals surface area contributed by atoms with Crippen LogP contribution in [0.3, 0.4) is 0 Å². The summed E-state index contributed by atoms with van der Waals surface area (Å²) in [4.78, 5) is 8.70. The summed E-state index contributed by atoms with van der Waals surface area (Å²) in [7, 11) is -2.40. The lowest BCUT2D eigenvalue weighted by Gasteiger charge is -2.11. The fourth-order valence-corrected chi connectivity index (χ4v) is 3.77. The first-order valence-electron chi connectivity index (χ1n) is 9.38. The number of rotatable bonds is 7. The summed E-state index contributed by atoms with van der Waals surface area (Å²) >= 11 is 0. The molecule has 8 heteroatoms. The van der Waals surface area contributed by atoms with Crippen LogP contribution in [0.2, 0.25) is 0 Å². The van der Waals surface area contributed by atoms with Crippen LogP contribution < -0.4 is 14.2 Å². The van der Waals surface area contributed by atoms with Gasteiger partial charge in [-0.3, -0.25) is 0 Å². The van der Waals surface area contributed by atoms with Crippen molar-refractivity contribution in [2.75, 3.05) is 11.8 Å². The smallest absolute Gasteiger partial charge is 0.264 e. The zero-order chi connectivity index (χ0) is 21.7. The van der Waals surface area contributed by atoms with Crippen molar-refractivity contribution in [2.45, 2.75) is 4.90 Å². The average molecular weight is 433 g/mol. The predicted molar refractivity (Wildman–Crippen MR) is 118 cm³/mol. The SMILES string of the molecule is COc1ccc(S(=O)(=O)Nc2nc(Oc3ccccc3)cc(-c3ccccc3)n2)cc1. The lowest BCUT2D eigenvalue weighted by molar-refractivity contribution is 0.414. The molecule has 31 heavy (non-hydrogen) atoms. The van der Waals surface area contributed by atoms with Gasteiger partial charge in [0, 0.05) is 11.6 Å². The van der Waals surface area contributed by atoms with Crippen molar-refractivity contribution < 1.29 is 17.9 Å². The number of methoxy groups -OCH3 is 1. The lowest BCUT2D eigenvalue weighted by Crippen LogP contribution is -2.15. The third-order valence-corrected chi connectivity index (χ3v) is 5.68. The second-order valence-corrected chi connectivity index (χ2v) is 8.16. The van der Waals surface area contributed by atoms with E-state index < -0.39 is 10.0 Å². The van der Waals surface area contributed by atoms with E-state index in [1.165, 1.54) is 19.2 Å². The van der Waals surface area contributed by atoms with Crippen molar-refractivity contribution in [3.8, 4) is 28.6 Å². The number of anilines is 1. The lowest BCUT2D eigenvalue weighted by atomic mass is 10.1. The maximum atomic E-state index is 12.8. The third kappa shape index (κ3) is 4.99. The molecule has 4 rings (SSSR count). The zero-order valence-corrected chi connectivity index (χ0v) is 17.4. The molecule has 0 aliphatic rings. The Hall–Kier alpha value is -3.91. The fraction of sp³-hybridized carbons (Fsp3) is 0.0435. The van der Waals surface area contributed by atoms with Gasteiger partial charge >= 0.3 is 0 Å². The topological polar surface area (TPSA) is 90.4 Å². The monoisotopic (exact) mass is 433 g/mol. The van der Waals surface area contributed by atoms with Crippen molar-refractivity contribution in [2.24, 2.45) is 0 Å². The Labute approximate surface area is 180 Å². The van der Waals surface area contributed by atoms with E-state index in [-0.39, 0.29) is 16.7 Å². The molecule has 1 heterocycles. The first-order valence-corrected chi connectivity index (χ1v) is 10.9. The summed E-state index contributed by atoms with van der Waals surface area (Å²) in [6, 6.07) is 26.2. The van der Waals surface area contributed by atoms with E-state index >= 15 is 0 Å². The Morgan fingerprint density at radius 1 is 0.774 bits per heavy atom. The van der Waals surface area contributed by atoms with E-state index in [2.05, 4.69) is 14.7 Å². The van der Waals surface area contributed by atoms with E-state index in [0.29, 0.717) is 17.2 Å². The summed E-state index contributed by atoms with van der Waals surface area (Å²) in [5, 5.41) is 0. The molecule has 0 radical (unpaired) electrons. The van der Waals surface area contributed by atoms with Crippen LogP contribution in [0.25, 0.3) is 11.3 Å². The van der Waals surface area contributed by atoms with Gasteiger partial charge in [-0.2, -0.15) is 4.98 Å². The number of nitrogens with one attached hydrogen (secondary N) is 1. The van der Waals surface area contributed by atoms with E-state index in [9.17, 15) is 8.42 Å². The van der Waals surface area contributed by atoms with Crippen LogP contribution >= 0.6 is 0 Å². The highest BCUT2D eigenvalue weighted by atomic mass is 32.2. The number of hydrogen-bond donors (Lipinski definition) is 1. The number of sulfonamides is 1. The molecular formula is C23H19N3O4S. The molecule has 1 aromatic heterocycles. The van der Waals surface area contributed by atoms with Crippen molar-refractivity contribution >= 4 is 16.0 Å². The van der Waals surface area contributed by atoms with Gasteiger partial charge < -0.3 is 9.47 Å². The van der Waals surface area contributed by atoms with Crippen LogP contribution in [-0.4, -0.2) is 25.5 Å². The molecule has 0 bridgehead atoms. The molecule has 7 nitrogen and oxygen atoms in total. The Bertz CT molecular complexity index is 1260. The maximum Gasteiger partial charge on any atom is 0.264 e. The second-order valence-electron chi connectivity index (χ2n) is 6.48. The van der Waals surface area contributed by atoms with Gasteiger partial charge in [-0.15, -0.1) is 0 Å². The van der Waals surface area contributed by atoms with Crippen LogP contribution in [0.5, 0.6) is 17.4 Å². The van der Waals surface area contributed by atoms with Gasteiger partial charge in [-0.05, 0) is 36.4 Å². The van der Waals surface area contributed by atoms with E-state index in [4.69, 9.17) is 9.47 Å². The minimum Gasteiger partial charge on any atom is -0.497 e. The summed E-state index contributed by atoms with van der Waals surface area (Å²) in [6.07, 6.45) is 0. The molecule has 0 unspecified atom stereocenters. The molecule has 0 atom stereocenters. The van der Waals surface area contributed by atoms with Crippen molar-refractivity contribution in [3.05, 3.63) is 91.0 Å². The molecule has 4 aromatic rings. The van der Waals surface area contributed by atoms with Gasteiger partial charge in [0.05, 0.1) is 17.7 Å². The standard InChI is InChI=1S/C23H19N3O4S/c1-29-18-12-14-20(15-13-18)31(27,28)26-23-24-21(17-8-4-2-5-9-17)16-22(25-23)30-19-10-6-3-7-11-19/h2-16H,1H3,(H,24,25,26). The largest absolute Gasteiger partial charge is 0.497 e. The molecule has 3 aromatic carbocycles. The highest BCUT2D eigenvalue weighted by Gasteiger charge is 2.18. The Morgan fingerprint density at radius 3 is 2.06 bits per heavy atom. The fourth-order valence-electron chi connectivity index (χ4n) is 2.82. The van der Waals surface area contributed by atoms with Gasteiger partial charge in [0.15, 0.2) is 0 Å². The van der Waals surface area contributed by atoms with Crippen LogP contribution in [-0.2, 0) is 10.0 Å². The van der Waals surface area contributed by atoms with E-state index in [0.717, 1.165) is 5.56 Å². The molecule has 0 spiro atoms. The predicted octanol–water partition coefficient (Wildman–Crippen LogP) is 4.75. The average Bonchev–Trinajstić information content (AvgIpc) is 2.80. The number of hydrogen-bond acceptors (Lipinski definition) is 6. The number of para-hydroxylation sites is 1. The number of benzene rings is 3. The van der Waals surface area contributed by atoms with Crippen molar-refractivity contribution in [3.63, 3.8) is 0 Å². The first kappa shape index (κ1) is 20.4. The van der Waals surface area contributed by atoms with Gasteiger partial charge in [0.1, 0.15) is 11.5 Å². The highest BCUT2D eigenvalue weighted by Crippen LogP contribution is 2.27. The van der Waals surface area contributed by atoms with Crippen molar-refractivity contribution in [1.29, 1.82) is 0 Å². The Balaban J connectivity index is 1.70. The minimum absolute atomic E-state index is 0.0625. The number of aromatic nitrogens is 2. The summed E-state index contributed by atoms with van der Waals surface area (Å²) in [5.41, 5.74) is 1.32. The van der Waals surface area contributed by atoms with Crippen LogP contribution in [0.15, 0.2) is 95.9 Å². The normalized spacial score (nSPS) is 11.0. The molecular weight excluding hydrogens is 414 g/mol. The second kappa shape index (κ2) is 8.85. The van der Waals surface area contributed by atoms with E-state index in [1.54, 1.807) is 30.3 Å². The van der Waals surface area contributed by atoms with Crippen LogP contribution in [0.1, 0.15) is 0 Å². The zero-order valence-electron chi connectivity index (χ0n) is 16.6. The van der Waals surface area contributed by atoms with Gasteiger partial charge in [0.2, 0.25) is 11.8 Å². The minimum atomic E-state index is -3.91. The third-order valence-electron chi connectivity index (χ3n) is 4.33. The molecule has 1 N–H and O–H groups in total. The van der Waals surface area contributed by atoms with E-state index in [1.807, 2.05) is 48.5 Å². The number of nitrogens with zero attached hydrogens (tertiary/aromatic N) is 2. The first-order chi connectivity index (χ1) is 15.0. The number of ether oxygens (including phenoxy) is 2. The molecule has 0 saturated carbocycles. The summed E-state index contributed by atoms with van der Waals surface area (Å²) in [5.74, 6) is 1.25. The van der Waals surface area contributed by atoms with Crippen molar-refractivity contribution in [1.82, 2.24) is 9.97 Å². The molecule has 0 aliphatic carbocycles. The Kier molecular flexibility index (Phi) is 5.81. The van der Waals surface area contributed by atoms with Gasteiger partial charge in [-0.1, -0.05) is 48.5 Å². The van der Waals surface area contributed by atoms with Gasteiger partial charge in [-0.25, -0.2) is 18.1 Å². The van der Waals surface area contributed by atoms with Gasteiger partial charge in [0.25, 0.3) is 10.0 Å². The Morgan fingerprint density at radius 2 is 1.42 bits per heavy atom. The summed E-state index contributed by atoms with van der Waals surface area (Å²) in [6.45, 7) is 0. The van der Waals surface area contributed by atoms with Crippen LogP contribution in [0, 0.1) is 0 Å². The molecule has 0 amide bonds. The van der Waals surface area contributed by atoms with Crippen LogP contribution in [0.4, 0.5) is 5.95 Å². The maximum absolute atomic E-state index is 12.8. The summed E-state index contributed by atoms with van der Waals surface area (Å²) < 4.78 is 39.0.